The number of aromatic nitrogens is 2. The molecular formula is C17H22FN3O2. The second-order valence-electron chi connectivity index (χ2n) is 6.89. The van der Waals surface area contributed by atoms with E-state index < -0.39 is 5.60 Å². The SMILES string of the molecule is Cc1c(N2CCC(C)C2)ccc(-c2noc(C(C)(C)O)n2)c1F. The van der Waals surface area contributed by atoms with Gasteiger partial charge in [0.25, 0.3) is 5.89 Å². The van der Waals surface area contributed by atoms with Crippen molar-refractivity contribution in [3.8, 4) is 11.4 Å². The number of aliphatic hydroxyl groups is 1. The first-order valence-corrected chi connectivity index (χ1v) is 7.88. The van der Waals surface area contributed by atoms with Crippen LogP contribution in [0.3, 0.4) is 0 Å². The van der Waals surface area contributed by atoms with E-state index in [1.54, 1.807) is 26.8 Å². The van der Waals surface area contributed by atoms with Gasteiger partial charge in [-0.15, -0.1) is 0 Å². The van der Waals surface area contributed by atoms with Crippen LogP contribution in [0.4, 0.5) is 10.1 Å². The van der Waals surface area contributed by atoms with Crippen LogP contribution in [0.15, 0.2) is 16.7 Å². The molecule has 3 rings (SSSR count). The molecule has 0 radical (unpaired) electrons. The maximum absolute atomic E-state index is 14.8. The Morgan fingerprint density at radius 1 is 1.39 bits per heavy atom. The first-order chi connectivity index (χ1) is 10.8. The monoisotopic (exact) mass is 319 g/mol. The van der Waals surface area contributed by atoms with Gasteiger partial charge in [0.15, 0.2) is 0 Å². The highest BCUT2D eigenvalue weighted by molar-refractivity contribution is 5.65. The zero-order valence-electron chi connectivity index (χ0n) is 13.9. The molecule has 1 atom stereocenters. The Labute approximate surface area is 135 Å². The molecule has 1 unspecified atom stereocenters. The van der Waals surface area contributed by atoms with E-state index in [-0.39, 0.29) is 23.1 Å². The third kappa shape index (κ3) is 2.95. The van der Waals surface area contributed by atoms with Crippen molar-refractivity contribution in [1.82, 2.24) is 10.1 Å². The van der Waals surface area contributed by atoms with Crippen LogP contribution in [0.2, 0.25) is 0 Å². The zero-order valence-corrected chi connectivity index (χ0v) is 13.9. The normalized spacial score (nSPS) is 18.7. The van der Waals surface area contributed by atoms with E-state index in [0.29, 0.717) is 11.5 Å². The van der Waals surface area contributed by atoms with Crippen LogP contribution in [0, 0.1) is 18.7 Å². The Hall–Kier alpha value is -1.95. The molecule has 1 aromatic carbocycles. The van der Waals surface area contributed by atoms with E-state index in [9.17, 15) is 9.50 Å². The first kappa shape index (κ1) is 15.9. The fraction of sp³-hybridized carbons (Fsp3) is 0.529. The van der Waals surface area contributed by atoms with Crippen molar-refractivity contribution in [3.05, 3.63) is 29.4 Å². The zero-order chi connectivity index (χ0) is 16.8. The lowest BCUT2D eigenvalue weighted by Gasteiger charge is -2.21. The summed E-state index contributed by atoms with van der Waals surface area (Å²) in [5.74, 6) is 0.514. The topological polar surface area (TPSA) is 62.4 Å². The predicted octanol–water partition coefficient (Wildman–Crippen LogP) is 3.26. The summed E-state index contributed by atoms with van der Waals surface area (Å²) in [6.45, 7) is 8.97. The van der Waals surface area contributed by atoms with Crippen LogP contribution in [0.25, 0.3) is 11.4 Å². The number of nitrogens with zero attached hydrogens (tertiary/aromatic N) is 3. The van der Waals surface area contributed by atoms with Gasteiger partial charge in [-0.05, 0) is 45.2 Å². The summed E-state index contributed by atoms with van der Waals surface area (Å²) in [7, 11) is 0. The molecule has 1 aliphatic rings. The van der Waals surface area contributed by atoms with Crippen LogP contribution in [-0.2, 0) is 5.60 Å². The molecule has 1 aromatic heterocycles. The van der Waals surface area contributed by atoms with Crippen molar-refractivity contribution in [3.63, 3.8) is 0 Å². The standard InChI is InChI=1S/C17H22FN3O2/c1-10-7-8-21(9-10)13-6-5-12(14(18)11(13)2)15-19-16(23-20-15)17(3,4)22/h5-6,10,22H,7-9H2,1-4H3. The molecule has 124 valence electrons. The predicted molar refractivity (Wildman–Crippen MR) is 85.7 cm³/mol. The number of hydrogen-bond acceptors (Lipinski definition) is 5. The summed E-state index contributed by atoms with van der Waals surface area (Å²) in [6.07, 6.45) is 1.13. The lowest BCUT2D eigenvalue weighted by atomic mass is 10.1. The third-order valence-electron chi connectivity index (χ3n) is 4.31. The summed E-state index contributed by atoms with van der Waals surface area (Å²) >= 11 is 0. The van der Waals surface area contributed by atoms with Gasteiger partial charge in [-0.25, -0.2) is 4.39 Å². The number of hydrogen-bond donors (Lipinski definition) is 1. The largest absolute Gasteiger partial charge is 0.381 e. The van der Waals surface area contributed by atoms with Crippen LogP contribution >= 0.6 is 0 Å². The highest BCUT2D eigenvalue weighted by atomic mass is 19.1. The van der Waals surface area contributed by atoms with Gasteiger partial charge in [-0.1, -0.05) is 12.1 Å². The summed E-state index contributed by atoms with van der Waals surface area (Å²) in [6, 6.07) is 3.59. The maximum atomic E-state index is 14.8. The van der Waals surface area contributed by atoms with Gasteiger partial charge in [-0.2, -0.15) is 4.98 Å². The summed E-state index contributed by atoms with van der Waals surface area (Å²) in [5.41, 5.74) is 0.549. The van der Waals surface area contributed by atoms with Crippen LogP contribution in [0.5, 0.6) is 0 Å². The van der Waals surface area contributed by atoms with Gasteiger partial charge < -0.3 is 14.5 Å². The molecule has 1 N–H and O–H groups in total. The van der Waals surface area contributed by atoms with Crippen LogP contribution in [0.1, 0.15) is 38.6 Å². The Kier molecular flexibility index (Phi) is 3.88. The second kappa shape index (κ2) is 5.60. The van der Waals surface area contributed by atoms with Crippen molar-refractivity contribution in [1.29, 1.82) is 0 Å². The summed E-state index contributed by atoms with van der Waals surface area (Å²) in [4.78, 5) is 6.33. The minimum Gasteiger partial charge on any atom is -0.381 e. The van der Waals surface area contributed by atoms with Crippen molar-refractivity contribution in [2.24, 2.45) is 5.92 Å². The fourth-order valence-electron chi connectivity index (χ4n) is 2.93. The third-order valence-corrected chi connectivity index (χ3v) is 4.31. The van der Waals surface area contributed by atoms with E-state index in [0.717, 1.165) is 25.2 Å². The highest BCUT2D eigenvalue weighted by Crippen LogP contribution is 2.33. The van der Waals surface area contributed by atoms with Crippen LogP contribution < -0.4 is 4.90 Å². The average Bonchev–Trinajstić information content (AvgIpc) is 3.10. The number of rotatable bonds is 3. The quantitative estimate of drug-likeness (QED) is 0.941. The second-order valence-corrected chi connectivity index (χ2v) is 6.89. The maximum Gasteiger partial charge on any atom is 0.258 e. The first-order valence-electron chi connectivity index (χ1n) is 7.88. The molecule has 2 heterocycles. The highest BCUT2D eigenvalue weighted by Gasteiger charge is 2.27. The molecule has 0 bridgehead atoms. The average molecular weight is 319 g/mol. The lowest BCUT2D eigenvalue weighted by Crippen LogP contribution is -2.20. The molecule has 0 aliphatic carbocycles. The van der Waals surface area contributed by atoms with Gasteiger partial charge in [0, 0.05) is 24.3 Å². The van der Waals surface area contributed by atoms with Gasteiger partial charge in [0.1, 0.15) is 11.4 Å². The van der Waals surface area contributed by atoms with Crippen molar-refractivity contribution in [2.45, 2.75) is 39.7 Å². The van der Waals surface area contributed by atoms with E-state index in [1.807, 2.05) is 6.07 Å². The fourth-order valence-corrected chi connectivity index (χ4v) is 2.93. The smallest absolute Gasteiger partial charge is 0.258 e. The van der Waals surface area contributed by atoms with Gasteiger partial charge >= 0.3 is 0 Å². The number of benzene rings is 1. The molecule has 5 nitrogen and oxygen atoms in total. The molecule has 1 fully saturated rings. The minimum absolute atomic E-state index is 0.0713. The van der Waals surface area contributed by atoms with Gasteiger partial charge in [0.05, 0.1) is 5.56 Å². The molecule has 1 saturated heterocycles. The van der Waals surface area contributed by atoms with Crippen LogP contribution in [-0.4, -0.2) is 28.3 Å². The molecule has 1 aliphatic heterocycles. The Balaban J connectivity index is 1.96. The molecule has 6 heteroatoms. The molecule has 23 heavy (non-hydrogen) atoms. The molecule has 0 amide bonds. The van der Waals surface area contributed by atoms with Crippen molar-refractivity contribution >= 4 is 5.69 Å². The minimum atomic E-state index is -1.25. The van der Waals surface area contributed by atoms with Gasteiger partial charge in [0.2, 0.25) is 5.82 Å². The van der Waals surface area contributed by atoms with E-state index >= 15 is 0 Å². The number of halogens is 1. The summed E-state index contributed by atoms with van der Waals surface area (Å²) < 4.78 is 19.8. The van der Waals surface area contributed by atoms with Gasteiger partial charge in [-0.3, -0.25) is 0 Å². The molecule has 2 aromatic rings. The molecule has 0 spiro atoms. The Bertz CT molecular complexity index is 721. The number of anilines is 1. The molecule has 0 saturated carbocycles. The summed E-state index contributed by atoms with van der Waals surface area (Å²) in [5, 5.41) is 13.7. The Morgan fingerprint density at radius 2 is 2.13 bits per heavy atom. The van der Waals surface area contributed by atoms with Crippen molar-refractivity contribution < 1.29 is 14.0 Å². The molecular weight excluding hydrogens is 297 g/mol. The van der Waals surface area contributed by atoms with Crippen molar-refractivity contribution in [2.75, 3.05) is 18.0 Å². The lowest BCUT2D eigenvalue weighted by molar-refractivity contribution is 0.0420. The van der Waals surface area contributed by atoms with E-state index in [4.69, 9.17) is 4.52 Å². The van der Waals surface area contributed by atoms with E-state index in [2.05, 4.69) is 22.0 Å². The Morgan fingerprint density at radius 3 is 2.70 bits per heavy atom. The van der Waals surface area contributed by atoms with E-state index in [1.165, 1.54) is 0 Å².